The number of aliphatic hydroxyl groups is 1. The van der Waals surface area contributed by atoms with Crippen molar-refractivity contribution in [3.05, 3.63) is 23.3 Å². The lowest BCUT2D eigenvalue weighted by Gasteiger charge is -2.23. The van der Waals surface area contributed by atoms with E-state index in [1.807, 2.05) is 13.0 Å². The third-order valence-electron chi connectivity index (χ3n) is 5.37. The summed E-state index contributed by atoms with van der Waals surface area (Å²) in [6, 6.07) is 0. The Morgan fingerprint density at radius 1 is 0.964 bits per heavy atom. The van der Waals surface area contributed by atoms with Gasteiger partial charge in [-0.15, -0.1) is 0 Å². The molecular formula is C23H40O5. The van der Waals surface area contributed by atoms with Crippen molar-refractivity contribution >= 4 is 11.9 Å². The van der Waals surface area contributed by atoms with Crippen molar-refractivity contribution in [2.24, 2.45) is 29.6 Å². The number of allylic oxidation sites excluding steroid dienone is 3. The third kappa shape index (κ3) is 11.3. The fourth-order valence-corrected chi connectivity index (χ4v) is 3.75. The minimum absolute atomic E-state index is 0.00335. The molecule has 0 heterocycles. The molecule has 0 aromatic heterocycles. The highest BCUT2D eigenvalue weighted by Gasteiger charge is 2.19. The van der Waals surface area contributed by atoms with Gasteiger partial charge in [-0.25, -0.2) is 4.79 Å². The summed E-state index contributed by atoms with van der Waals surface area (Å²) >= 11 is 0. The van der Waals surface area contributed by atoms with Crippen LogP contribution in [0.25, 0.3) is 0 Å². The average molecular weight is 397 g/mol. The van der Waals surface area contributed by atoms with Crippen molar-refractivity contribution in [2.75, 3.05) is 6.61 Å². The van der Waals surface area contributed by atoms with Crippen LogP contribution in [0.3, 0.4) is 0 Å². The molecule has 3 N–H and O–H groups in total. The molecule has 5 nitrogen and oxygen atoms in total. The molecule has 0 saturated carbocycles. The summed E-state index contributed by atoms with van der Waals surface area (Å²) in [6.45, 7) is 12.3. The summed E-state index contributed by atoms with van der Waals surface area (Å²) in [5.74, 6) is -1.12. The van der Waals surface area contributed by atoms with Crippen molar-refractivity contribution in [2.45, 2.75) is 73.6 Å². The maximum absolute atomic E-state index is 11.4. The SMILES string of the molecule is CC[C@@H](C)C[C@@H](C)C[C@@H](CO)C[C@@H](C)/C=C(C)/C=C(/C[C@@H](C)C(=O)O)C(=O)O. The molecule has 0 saturated heterocycles. The fourth-order valence-electron chi connectivity index (χ4n) is 3.75. The van der Waals surface area contributed by atoms with E-state index >= 15 is 0 Å². The van der Waals surface area contributed by atoms with Crippen LogP contribution in [-0.4, -0.2) is 33.9 Å². The molecule has 0 fully saturated rings. The molecule has 0 amide bonds. The molecule has 0 rings (SSSR count). The zero-order valence-corrected chi connectivity index (χ0v) is 18.4. The quantitative estimate of drug-likeness (QED) is 0.279. The number of hydrogen-bond acceptors (Lipinski definition) is 3. The maximum Gasteiger partial charge on any atom is 0.331 e. The zero-order chi connectivity index (χ0) is 21.9. The van der Waals surface area contributed by atoms with Crippen molar-refractivity contribution in [1.29, 1.82) is 0 Å². The lowest BCUT2D eigenvalue weighted by Crippen LogP contribution is -2.15. The van der Waals surface area contributed by atoms with Gasteiger partial charge in [-0.3, -0.25) is 4.79 Å². The standard InChI is InChI=1S/C23H40O5/c1-7-15(2)8-16(3)10-20(14-24)11-17(4)9-18(5)12-21(23(27)28)13-19(6)22(25)26/h9,12,15-17,19-20,24H,7-8,10-11,13-14H2,1-6H3,(H,25,26)(H,27,28)/b18-9+,21-12-/t15-,16-,17+,19-,20-/m1/s1. The molecule has 5 atom stereocenters. The van der Waals surface area contributed by atoms with E-state index in [4.69, 9.17) is 5.11 Å². The van der Waals surface area contributed by atoms with Gasteiger partial charge >= 0.3 is 11.9 Å². The van der Waals surface area contributed by atoms with Gasteiger partial charge < -0.3 is 15.3 Å². The van der Waals surface area contributed by atoms with Gasteiger partial charge in [0.15, 0.2) is 0 Å². The van der Waals surface area contributed by atoms with Gasteiger partial charge in [-0.1, -0.05) is 52.7 Å². The monoisotopic (exact) mass is 396 g/mol. The summed E-state index contributed by atoms with van der Waals surface area (Å²) in [4.78, 5) is 22.4. The van der Waals surface area contributed by atoms with Gasteiger partial charge in [-0.05, 0) is 62.4 Å². The van der Waals surface area contributed by atoms with E-state index in [-0.39, 0.29) is 30.4 Å². The molecule has 0 aromatic carbocycles. The second kappa shape index (κ2) is 13.5. The predicted octanol–water partition coefficient (Wildman–Crippen LogP) is 5.15. The molecule has 28 heavy (non-hydrogen) atoms. The Balaban J connectivity index is 4.96. The van der Waals surface area contributed by atoms with E-state index in [0.717, 1.165) is 18.4 Å². The third-order valence-corrected chi connectivity index (χ3v) is 5.37. The first kappa shape index (κ1) is 26.4. The normalized spacial score (nSPS) is 18.2. The lowest BCUT2D eigenvalue weighted by atomic mass is 9.84. The van der Waals surface area contributed by atoms with Crippen molar-refractivity contribution < 1.29 is 24.9 Å². The summed E-state index contributed by atoms with van der Waals surface area (Å²) in [7, 11) is 0. The molecule has 0 aliphatic rings. The van der Waals surface area contributed by atoms with Crippen LogP contribution in [0.4, 0.5) is 0 Å². The van der Waals surface area contributed by atoms with Crippen LogP contribution in [0.1, 0.15) is 73.6 Å². The number of carboxylic acid groups (broad SMARTS) is 2. The molecule has 162 valence electrons. The van der Waals surface area contributed by atoms with Crippen LogP contribution < -0.4 is 0 Å². The maximum atomic E-state index is 11.4. The first-order chi connectivity index (χ1) is 13.0. The van der Waals surface area contributed by atoms with Gasteiger partial charge in [-0.2, -0.15) is 0 Å². The highest BCUT2D eigenvalue weighted by Crippen LogP contribution is 2.26. The second-order valence-electron chi connectivity index (χ2n) is 8.68. The molecule has 5 heteroatoms. The van der Waals surface area contributed by atoms with E-state index in [1.54, 1.807) is 6.08 Å². The number of aliphatic carboxylic acids is 2. The summed E-state index contributed by atoms with van der Waals surface area (Å²) in [5.41, 5.74) is 0.920. The number of aliphatic hydroxyl groups excluding tert-OH is 1. The smallest absolute Gasteiger partial charge is 0.331 e. The van der Waals surface area contributed by atoms with Gasteiger partial charge in [0.25, 0.3) is 0 Å². The molecule has 0 bridgehead atoms. The summed E-state index contributed by atoms with van der Waals surface area (Å²) in [6.07, 6.45) is 7.75. The lowest BCUT2D eigenvalue weighted by molar-refractivity contribution is -0.141. The number of carbonyl (C=O) groups is 2. The van der Waals surface area contributed by atoms with Crippen LogP contribution >= 0.6 is 0 Å². The van der Waals surface area contributed by atoms with Crippen LogP contribution in [0.15, 0.2) is 23.3 Å². The van der Waals surface area contributed by atoms with E-state index < -0.39 is 17.9 Å². The molecule has 0 unspecified atom stereocenters. The van der Waals surface area contributed by atoms with E-state index in [2.05, 4.69) is 27.7 Å². The highest BCUT2D eigenvalue weighted by atomic mass is 16.4. The molecule has 0 radical (unpaired) electrons. The highest BCUT2D eigenvalue weighted by molar-refractivity contribution is 5.88. The van der Waals surface area contributed by atoms with Gasteiger partial charge in [0.1, 0.15) is 0 Å². The minimum atomic E-state index is -1.08. The summed E-state index contributed by atoms with van der Waals surface area (Å²) < 4.78 is 0. The Morgan fingerprint density at radius 2 is 1.57 bits per heavy atom. The molecule has 0 aliphatic heterocycles. The molecule has 0 aliphatic carbocycles. The van der Waals surface area contributed by atoms with E-state index in [0.29, 0.717) is 11.8 Å². The Labute approximate surface area is 170 Å². The Hall–Kier alpha value is -1.62. The largest absolute Gasteiger partial charge is 0.481 e. The van der Waals surface area contributed by atoms with Crippen LogP contribution in [-0.2, 0) is 9.59 Å². The minimum Gasteiger partial charge on any atom is -0.481 e. The molecule has 0 aromatic rings. The van der Waals surface area contributed by atoms with E-state index in [9.17, 15) is 19.8 Å². The molecule has 0 spiro atoms. The molecular weight excluding hydrogens is 356 g/mol. The zero-order valence-electron chi connectivity index (χ0n) is 18.4. The van der Waals surface area contributed by atoms with Crippen LogP contribution in [0.2, 0.25) is 0 Å². The Morgan fingerprint density at radius 3 is 2.04 bits per heavy atom. The first-order valence-electron chi connectivity index (χ1n) is 10.5. The number of hydrogen-bond donors (Lipinski definition) is 3. The van der Waals surface area contributed by atoms with Crippen molar-refractivity contribution in [3.63, 3.8) is 0 Å². The topological polar surface area (TPSA) is 94.8 Å². The van der Waals surface area contributed by atoms with Crippen LogP contribution in [0, 0.1) is 29.6 Å². The van der Waals surface area contributed by atoms with Gasteiger partial charge in [0.05, 0.1) is 5.92 Å². The average Bonchev–Trinajstić information content (AvgIpc) is 2.59. The number of carboxylic acids is 2. The van der Waals surface area contributed by atoms with Crippen molar-refractivity contribution in [1.82, 2.24) is 0 Å². The van der Waals surface area contributed by atoms with Gasteiger partial charge in [0.2, 0.25) is 0 Å². The van der Waals surface area contributed by atoms with Crippen LogP contribution in [0.5, 0.6) is 0 Å². The number of rotatable bonds is 14. The Bertz CT molecular complexity index is 549. The summed E-state index contributed by atoms with van der Waals surface area (Å²) in [5, 5.41) is 28.1. The van der Waals surface area contributed by atoms with Crippen molar-refractivity contribution in [3.8, 4) is 0 Å². The van der Waals surface area contributed by atoms with Gasteiger partial charge in [0, 0.05) is 12.2 Å². The Kier molecular flexibility index (Phi) is 12.8. The predicted molar refractivity (Wildman–Crippen MR) is 113 cm³/mol. The first-order valence-corrected chi connectivity index (χ1v) is 10.5. The van der Waals surface area contributed by atoms with E-state index in [1.165, 1.54) is 19.8 Å². The second-order valence-corrected chi connectivity index (χ2v) is 8.68. The fraction of sp³-hybridized carbons (Fsp3) is 0.739.